The topological polar surface area (TPSA) is 36.7 Å². The molecule has 0 fully saturated rings. The summed E-state index contributed by atoms with van der Waals surface area (Å²) in [6.07, 6.45) is 1.42. The summed E-state index contributed by atoms with van der Waals surface area (Å²) in [5.74, 6) is -2.05. The molecule has 0 atom stereocenters. The molecule has 0 saturated heterocycles. The first-order valence-corrected chi connectivity index (χ1v) is 3.65. The maximum Gasteiger partial charge on any atom is 0.217 e. The van der Waals surface area contributed by atoms with Crippen molar-refractivity contribution in [2.75, 3.05) is 0 Å². The smallest absolute Gasteiger partial charge is 0.217 e. The number of allylic oxidation sites excluding steroid dienone is 2. The monoisotopic (exact) mass is 182 g/mol. The molecule has 0 unspecified atom stereocenters. The van der Waals surface area contributed by atoms with Crippen molar-refractivity contribution in [3.8, 4) is 0 Å². The van der Waals surface area contributed by atoms with Crippen molar-refractivity contribution in [1.82, 2.24) is 4.98 Å². The molecule has 0 bridgehead atoms. The molecule has 4 heteroatoms. The summed E-state index contributed by atoms with van der Waals surface area (Å²) in [4.78, 5) is 3.74. The molecule has 13 heavy (non-hydrogen) atoms. The molecule has 1 aromatic heterocycles. The van der Waals surface area contributed by atoms with Crippen molar-refractivity contribution in [1.29, 1.82) is 5.41 Å². The Morgan fingerprint density at radius 2 is 2.08 bits per heavy atom. The number of hydrogen-bond acceptors (Lipinski definition) is 2. The zero-order valence-electron chi connectivity index (χ0n) is 7.01. The molecule has 68 valence electrons. The van der Waals surface area contributed by atoms with E-state index in [1.807, 2.05) is 0 Å². The molecule has 0 radical (unpaired) electrons. The zero-order chi connectivity index (χ0) is 9.84. The van der Waals surface area contributed by atoms with Gasteiger partial charge >= 0.3 is 0 Å². The van der Waals surface area contributed by atoms with E-state index >= 15 is 0 Å². The second-order valence-electron chi connectivity index (χ2n) is 2.44. The number of nitrogens with one attached hydrogen (secondary N) is 1. The molecule has 1 aromatic rings. The molecule has 0 aromatic carbocycles. The van der Waals surface area contributed by atoms with Crippen LogP contribution < -0.4 is 0 Å². The summed E-state index contributed by atoms with van der Waals surface area (Å²) < 4.78 is 25.3. The van der Waals surface area contributed by atoms with Crippen molar-refractivity contribution in [3.05, 3.63) is 35.9 Å². The van der Waals surface area contributed by atoms with Gasteiger partial charge in [0.05, 0.1) is 11.3 Å². The lowest BCUT2D eigenvalue weighted by molar-refractivity contribution is 0.642. The van der Waals surface area contributed by atoms with Crippen LogP contribution in [-0.4, -0.2) is 10.9 Å². The second kappa shape index (κ2) is 3.89. The van der Waals surface area contributed by atoms with E-state index in [-0.39, 0.29) is 11.3 Å². The van der Waals surface area contributed by atoms with Gasteiger partial charge < -0.3 is 0 Å². The lowest BCUT2D eigenvalue weighted by atomic mass is 10.1. The van der Waals surface area contributed by atoms with E-state index in [2.05, 4.69) is 4.98 Å². The fraction of sp³-hybridized carbons (Fsp3) is 0.111. The minimum atomic E-state index is -1.31. The van der Waals surface area contributed by atoms with E-state index in [1.165, 1.54) is 12.3 Å². The van der Waals surface area contributed by atoms with E-state index < -0.39 is 11.8 Å². The Kier molecular flexibility index (Phi) is 2.84. The fourth-order valence-electron chi connectivity index (χ4n) is 0.951. The van der Waals surface area contributed by atoms with E-state index in [1.54, 1.807) is 12.1 Å². The molecule has 0 aliphatic rings. The third-order valence-corrected chi connectivity index (χ3v) is 1.49. The van der Waals surface area contributed by atoms with Crippen molar-refractivity contribution < 1.29 is 8.78 Å². The van der Waals surface area contributed by atoms with E-state index in [0.29, 0.717) is 0 Å². The Morgan fingerprint density at radius 3 is 2.46 bits per heavy atom. The second-order valence-corrected chi connectivity index (χ2v) is 2.44. The number of halogens is 2. The Balaban J connectivity index is 3.20. The van der Waals surface area contributed by atoms with Gasteiger partial charge in [-0.2, -0.15) is 4.39 Å². The highest BCUT2D eigenvalue weighted by Crippen LogP contribution is 2.18. The van der Waals surface area contributed by atoms with Crippen LogP contribution in [0.4, 0.5) is 8.78 Å². The maximum atomic E-state index is 12.8. The zero-order valence-corrected chi connectivity index (χ0v) is 7.01. The van der Waals surface area contributed by atoms with Gasteiger partial charge in [0.25, 0.3) is 0 Å². The minimum Gasteiger partial charge on any atom is -0.273 e. The molecule has 0 saturated carbocycles. The molecule has 0 aliphatic carbocycles. The number of rotatable bonds is 2. The Bertz CT molecular complexity index is 340. The molecular weight excluding hydrogens is 174 g/mol. The number of aromatic nitrogens is 1. The summed E-state index contributed by atoms with van der Waals surface area (Å²) >= 11 is 0. The van der Waals surface area contributed by atoms with Gasteiger partial charge in [0.15, 0.2) is 0 Å². The van der Waals surface area contributed by atoms with Gasteiger partial charge in [0.2, 0.25) is 5.97 Å². The summed E-state index contributed by atoms with van der Waals surface area (Å²) in [5.41, 5.74) is -0.254. The Morgan fingerprint density at radius 1 is 1.38 bits per heavy atom. The summed E-state index contributed by atoms with van der Waals surface area (Å²) in [6.45, 7) is 1.10. The van der Waals surface area contributed by atoms with Crippen LogP contribution in [0.15, 0.2) is 30.2 Å². The van der Waals surface area contributed by atoms with Crippen molar-refractivity contribution in [2.45, 2.75) is 6.92 Å². The van der Waals surface area contributed by atoms with Gasteiger partial charge in [-0.25, -0.2) is 4.39 Å². The third kappa shape index (κ3) is 2.18. The summed E-state index contributed by atoms with van der Waals surface area (Å²) in [6, 6.07) is 4.69. The average Bonchev–Trinajstić information content (AvgIpc) is 2.04. The fourth-order valence-corrected chi connectivity index (χ4v) is 0.951. The molecule has 1 rings (SSSR count). The number of hydrogen-bond donors (Lipinski definition) is 1. The van der Waals surface area contributed by atoms with Crippen molar-refractivity contribution in [3.63, 3.8) is 0 Å². The molecule has 0 aliphatic heterocycles. The third-order valence-electron chi connectivity index (χ3n) is 1.49. The van der Waals surface area contributed by atoms with Crippen LogP contribution in [0, 0.1) is 5.41 Å². The molecule has 2 nitrogen and oxygen atoms in total. The predicted octanol–water partition coefficient (Wildman–Crippen LogP) is 2.73. The van der Waals surface area contributed by atoms with Gasteiger partial charge in [0, 0.05) is 6.20 Å². The van der Waals surface area contributed by atoms with Gasteiger partial charge in [-0.3, -0.25) is 10.4 Å². The Hall–Kier alpha value is -1.58. The van der Waals surface area contributed by atoms with Crippen molar-refractivity contribution in [2.24, 2.45) is 0 Å². The van der Waals surface area contributed by atoms with Crippen LogP contribution in [0.25, 0.3) is 5.57 Å². The summed E-state index contributed by atoms with van der Waals surface area (Å²) in [7, 11) is 0. The lowest BCUT2D eigenvalue weighted by Gasteiger charge is -2.01. The maximum absolute atomic E-state index is 12.8. The molecule has 1 heterocycles. The molecule has 1 N–H and O–H groups in total. The number of pyridine rings is 1. The van der Waals surface area contributed by atoms with E-state index in [9.17, 15) is 8.78 Å². The van der Waals surface area contributed by atoms with Crippen LogP contribution in [0.3, 0.4) is 0 Å². The van der Waals surface area contributed by atoms with Gasteiger partial charge in [0.1, 0.15) is 5.83 Å². The van der Waals surface area contributed by atoms with Crippen LogP contribution >= 0.6 is 0 Å². The lowest BCUT2D eigenvalue weighted by Crippen LogP contribution is -1.97. The standard InChI is InChI=1S/C9H8F2N2/c1-6(10)8(9(11)12)7-4-2-3-5-13-7/h2-5,12H,1H3. The molecule has 0 amide bonds. The first-order chi connectivity index (χ1) is 6.13. The molecule has 0 spiro atoms. The van der Waals surface area contributed by atoms with Gasteiger partial charge in [-0.15, -0.1) is 0 Å². The van der Waals surface area contributed by atoms with E-state index in [0.717, 1.165) is 6.92 Å². The quantitative estimate of drug-likeness (QED) is 0.701. The minimum absolute atomic E-state index is 0.134. The highest BCUT2D eigenvalue weighted by atomic mass is 19.1. The number of nitrogens with zero attached hydrogens (tertiary/aromatic N) is 1. The first-order valence-electron chi connectivity index (χ1n) is 3.65. The van der Waals surface area contributed by atoms with Crippen LogP contribution in [0.2, 0.25) is 0 Å². The Labute approximate surface area is 74.4 Å². The molecular formula is C9H8F2N2. The van der Waals surface area contributed by atoms with Crippen LogP contribution in [0.1, 0.15) is 12.6 Å². The van der Waals surface area contributed by atoms with Gasteiger partial charge in [-0.1, -0.05) is 6.07 Å². The predicted molar refractivity (Wildman–Crippen MR) is 46.8 cm³/mol. The van der Waals surface area contributed by atoms with E-state index in [4.69, 9.17) is 5.41 Å². The van der Waals surface area contributed by atoms with Crippen LogP contribution in [0.5, 0.6) is 0 Å². The largest absolute Gasteiger partial charge is 0.273 e. The average molecular weight is 182 g/mol. The normalized spacial score (nSPS) is 12.2. The van der Waals surface area contributed by atoms with Gasteiger partial charge in [-0.05, 0) is 19.1 Å². The highest BCUT2D eigenvalue weighted by Gasteiger charge is 2.12. The first kappa shape index (κ1) is 9.51. The summed E-state index contributed by atoms with van der Waals surface area (Å²) in [5, 5.41) is 6.71. The van der Waals surface area contributed by atoms with Crippen molar-refractivity contribution >= 4 is 11.5 Å². The van der Waals surface area contributed by atoms with Crippen LogP contribution in [-0.2, 0) is 0 Å². The SMILES string of the molecule is CC(F)=C(C(=N)F)c1ccccn1. The highest BCUT2D eigenvalue weighted by molar-refractivity contribution is 6.17.